The van der Waals surface area contributed by atoms with Gasteiger partial charge in [-0.1, -0.05) is 30.7 Å². The summed E-state index contributed by atoms with van der Waals surface area (Å²) in [7, 11) is 1.51. The number of nitrogens with one attached hydrogen (secondary N) is 1. The molecule has 0 aliphatic carbocycles. The number of aromatic carboxylic acids is 1. The van der Waals surface area contributed by atoms with Crippen molar-refractivity contribution < 1.29 is 33.6 Å². The maximum absolute atomic E-state index is 12.6. The Morgan fingerprint density at radius 1 is 0.947 bits per heavy atom. The summed E-state index contributed by atoms with van der Waals surface area (Å²) in [4.78, 5) is 23.6. The lowest BCUT2D eigenvalue weighted by atomic mass is 10.1. The summed E-state index contributed by atoms with van der Waals surface area (Å²) in [5.41, 5.74) is 4.38. The van der Waals surface area contributed by atoms with E-state index in [0.29, 0.717) is 52.4 Å². The van der Waals surface area contributed by atoms with Crippen molar-refractivity contribution in [3.05, 3.63) is 81.9 Å². The summed E-state index contributed by atoms with van der Waals surface area (Å²) < 4.78 is 22.5. The van der Waals surface area contributed by atoms with E-state index < -0.39 is 11.9 Å². The van der Waals surface area contributed by atoms with Crippen molar-refractivity contribution in [2.75, 3.05) is 20.3 Å². The Morgan fingerprint density at radius 3 is 2.34 bits per heavy atom. The first kappa shape index (κ1) is 28.3. The van der Waals surface area contributed by atoms with Crippen molar-refractivity contribution in [3.63, 3.8) is 0 Å². The number of carboxylic acid groups (broad SMARTS) is 1. The van der Waals surface area contributed by atoms with E-state index in [1.165, 1.54) is 25.5 Å². The predicted octanol–water partition coefficient (Wildman–Crippen LogP) is 5.58. The van der Waals surface area contributed by atoms with Gasteiger partial charge in [-0.15, -0.1) is 0 Å². The van der Waals surface area contributed by atoms with E-state index in [4.69, 9.17) is 35.7 Å². The van der Waals surface area contributed by atoms with Crippen LogP contribution in [0.15, 0.2) is 59.7 Å². The highest BCUT2D eigenvalue weighted by Gasteiger charge is 2.14. The molecular formula is C28H29ClN2O7. The van der Waals surface area contributed by atoms with Gasteiger partial charge in [-0.05, 0) is 66.9 Å². The lowest BCUT2D eigenvalue weighted by molar-refractivity contribution is 0.0696. The standard InChI is InChI=1S/C28H29ClN2O7/c1-4-12-37-23-11-10-21(15-24(23)35-3)27(32)31-30-16-19-13-22(29)26(25(14-19)36-5-2)38-17-18-6-8-20(9-7-18)28(33)34/h6-11,13-16H,4-5,12,17H2,1-3H3,(H,31,32)(H,33,34)/b30-16+. The van der Waals surface area contributed by atoms with Crippen LogP contribution in [0.5, 0.6) is 23.0 Å². The van der Waals surface area contributed by atoms with Crippen molar-refractivity contribution >= 4 is 29.7 Å². The summed E-state index contributed by atoms with van der Waals surface area (Å²) in [5, 5.41) is 13.4. The number of ether oxygens (including phenoxy) is 4. The third-order valence-electron chi connectivity index (χ3n) is 5.18. The second-order valence-corrected chi connectivity index (χ2v) is 8.37. The molecule has 3 aromatic carbocycles. The van der Waals surface area contributed by atoms with E-state index in [-0.39, 0.29) is 12.2 Å². The number of hydrazone groups is 1. The molecule has 2 N–H and O–H groups in total. The van der Waals surface area contributed by atoms with Gasteiger partial charge >= 0.3 is 5.97 Å². The largest absolute Gasteiger partial charge is 0.493 e. The Balaban J connectivity index is 1.69. The van der Waals surface area contributed by atoms with Crippen molar-refractivity contribution in [1.82, 2.24) is 5.43 Å². The zero-order chi connectivity index (χ0) is 27.5. The first-order chi connectivity index (χ1) is 18.4. The Bertz CT molecular complexity index is 1290. The van der Waals surface area contributed by atoms with E-state index in [1.807, 2.05) is 13.8 Å². The van der Waals surface area contributed by atoms with E-state index in [9.17, 15) is 9.59 Å². The van der Waals surface area contributed by atoms with Gasteiger partial charge < -0.3 is 24.1 Å². The summed E-state index contributed by atoms with van der Waals surface area (Å²) in [5.74, 6) is 0.342. The van der Waals surface area contributed by atoms with E-state index in [1.54, 1.807) is 42.5 Å². The SMILES string of the molecule is CCCOc1ccc(C(=O)N/N=C/c2cc(Cl)c(OCc3ccc(C(=O)O)cc3)c(OCC)c2)cc1OC. The minimum absolute atomic E-state index is 0.162. The summed E-state index contributed by atoms with van der Waals surface area (Å²) >= 11 is 6.47. The number of hydrogen-bond donors (Lipinski definition) is 2. The third-order valence-corrected chi connectivity index (χ3v) is 5.46. The van der Waals surface area contributed by atoms with Crippen LogP contribution in [0, 0.1) is 0 Å². The summed E-state index contributed by atoms with van der Waals surface area (Å²) in [6.45, 7) is 4.91. The number of carbonyl (C=O) groups is 2. The fourth-order valence-electron chi connectivity index (χ4n) is 3.33. The molecule has 3 aromatic rings. The van der Waals surface area contributed by atoms with Gasteiger partial charge in [0.1, 0.15) is 6.61 Å². The van der Waals surface area contributed by atoms with Crippen molar-refractivity contribution in [1.29, 1.82) is 0 Å². The summed E-state index contributed by atoms with van der Waals surface area (Å²) in [6, 6.07) is 14.6. The molecule has 9 nitrogen and oxygen atoms in total. The fraction of sp³-hybridized carbons (Fsp3) is 0.250. The number of carboxylic acids is 1. The van der Waals surface area contributed by atoms with Crippen LogP contribution in [-0.4, -0.2) is 43.5 Å². The number of benzene rings is 3. The highest BCUT2D eigenvalue weighted by atomic mass is 35.5. The minimum atomic E-state index is -0.998. The fourth-order valence-corrected chi connectivity index (χ4v) is 3.61. The lowest BCUT2D eigenvalue weighted by Crippen LogP contribution is -2.17. The van der Waals surface area contributed by atoms with Gasteiger partial charge in [0, 0.05) is 5.56 Å². The Hall–Kier alpha value is -4.24. The van der Waals surface area contributed by atoms with Crippen LogP contribution in [0.4, 0.5) is 0 Å². The molecular weight excluding hydrogens is 512 g/mol. The van der Waals surface area contributed by atoms with Gasteiger partial charge in [-0.2, -0.15) is 5.10 Å². The van der Waals surface area contributed by atoms with Crippen molar-refractivity contribution in [2.45, 2.75) is 26.9 Å². The van der Waals surface area contributed by atoms with Crippen LogP contribution in [0.1, 0.15) is 52.1 Å². The number of halogens is 1. The molecule has 0 fully saturated rings. The number of hydrogen-bond acceptors (Lipinski definition) is 7. The molecule has 0 unspecified atom stereocenters. The van der Waals surface area contributed by atoms with Gasteiger partial charge in [-0.25, -0.2) is 10.2 Å². The highest BCUT2D eigenvalue weighted by molar-refractivity contribution is 6.32. The second kappa shape index (κ2) is 13.9. The average molecular weight is 541 g/mol. The molecule has 200 valence electrons. The molecule has 0 spiro atoms. The maximum atomic E-state index is 12.6. The normalized spacial score (nSPS) is 10.7. The highest BCUT2D eigenvalue weighted by Crippen LogP contribution is 2.37. The first-order valence-corrected chi connectivity index (χ1v) is 12.3. The molecule has 0 atom stereocenters. The van der Waals surface area contributed by atoms with Crippen molar-refractivity contribution in [3.8, 4) is 23.0 Å². The van der Waals surface area contributed by atoms with E-state index in [0.717, 1.165) is 12.0 Å². The summed E-state index contributed by atoms with van der Waals surface area (Å²) in [6.07, 6.45) is 2.29. The minimum Gasteiger partial charge on any atom is -0.493 e. The maximum Gasteiger partial charge on any atom is 0.335 e. The number of amides is 1. The van der Waals surface area contributed by atoms with Crippen LogP contribution < -0.4 is 24.4 Å². The van der Waals surface area contributed by atoms with Crippen LogP contribution in [0.2, 0.25) is 5.02 Å². The third kappa shape index (κ3) is 7.63. The van der Waals surface area contributed by atoms with Crippen LogP contribution >= 0.6 is 11.6 Å². The zero-order valence-corrected chi connectivity index (χ0v) is 22.1. The van der Waals surface area contributed by atoms with Crippen molar-refractivity contribution in [2.24, 2.45) is 5.10 Å². The van der Waals surface area contributed by atoms with E-state index in [2.05, 4.69) is 10.5 Å². The molecule has 0 aliphatic heterocycles. The average Bonchev–Trinajstić information content (AvgIpc) is 2.91. The number of nitrogens with zero attached hydrogens (tertiary/aromatic N) is 1. The molecule has 1 amide bonds. The smallest absolute Gasteiger partial charge is 0.335 e. The van der Waals surface area contributed by atoms with Crippen LogP contribution in [0.25, 0.3) is 0 Å². The molecule has 0 heterocycles. The van der Waals surface area contributed by atoms with Gasteiger partial charge in [-0.3, -0.25) is 4.79 Å². The predicted molar refractivity (Wildman–Crippen MR) is 144 cm³/mol. The molecule has 0 aromatic heterocycles. The number of rotatable bonds is 13. The molecule has 0 saturated carbocycles. The number of carbonyl (C=O) groups excluding carboxylic acids is 1. The first-order valence-electron chi connectivity index (χ1n) is 11.9. The Morgan fingerprint density at radius 2 is 1.68 bits per heavy atom. The van der Waals surface area contributed by atoms with Gasteiger partial charge in [0.15, 0.2) is 23.0 Å². The van der Waals surface area contributed by atoms with Crippen LogP contribution in [-0.2, 0) is 6.61 Å². The second-order valence-electron chi connectivity index (χ2n) is 7.97. The topological polar surface area (TPSA) is 116 Å². The Kier molecular flexibility index (Phi) is 10.4. The molecule has 10 heteroatoms. The quantitative estimate of drug-likeness (QED) is 0.215. The van der Waals surface area contributed by atoms with Gasteiger partial charge in [0.05, 0.1) is 37.1 Å². The molecule has 0 saturated heterocycles. The molecule has 38 heavy (non-hydrogen) atoms. The lowest BCUT2D eigenvalue weighted by Gasteiger charge is -2.14. The zero-order valence-electron chi connectivity index (χ0n) is 21.3. The molecule has 3 rings (SSSR count). The Labute approximate surface area is 225 Å². The van der Waals surface area contributed by atoms with Gasteiger partial charge in [0.2, 0.25) is 0 Å². The molecule has 0 radical (unpaired) electrons. The molecule has 0 aliphatic rings. The van der Waals surface area contributed by atoms with E-state index >= 15 is 0 Å². The molecule has 0 bridgehead atoms. The monoisotopic (exact) mass is 540 g/mol. The van der Waals surface area contributed by atoms with Gasteiger partial charge in [0.25, 0.3) is 5.91 Å². The number of methoxy groups -OCH3 is 1. The van der Waals surface area contributed by atoms with Crippen LogP contribution in [0.3, 0.4) is 0 Å².